The second-order valence-electron chi connectivity index (χ2n) is 3.77. The van der Waals surface area contributed by atoms with Crippen LogP contribution in [0.25, 0.3) is 10.9 Å². The van der Waals surface area contributed by atoms with Crippen molar-refractivity contribution in [3.05, 3.63) is 36.3 Å². The molecular weight excluding hydrogens is 221 g/mol. The average Bonchev–Trinajstić information content (AvgIpc) is 2.69. The number of hydrogen-bond donors (Lipinski definition) is 0. The Balaban J connectivity index is 2.11. The molecule has 90 valence electrons. The molecule has 0 N–H and O–H groups in total. The van der Waals surface area contributed by atoms with Crippen LogP contribution in [0.15, 0.2) is 30.5 Å². The molecule has 0 saturated heterocycles. The standard InChI is InChI=1S/C13H14FNO2/c1-2-17-13(16)6-8-15-7-5-10-9-11(14)3-4-12(10)15/h3-5,7,9H,2,6,8H2,1H3. The highest BCUT2D eigenvalue weighted by atomic mass is 19.1. The number of carbonyl (C=O) groups excluding carboxylic acids is 1. The molecular formula is C13H14FNO2. The highest BCUT2D eigenvalue weighted by Gasteiger charge is 2.05. The Bertz CT molecular complexity index is 533. The first kappa shape index (κ1) is 11.6. The Kier molecular flexibility index (Phi) is 3.42. The van der Waals surface area contributed by atoms with Gasteiger partial charge in [0.2, 0.25) is 0 Å². The van der Waals surface area contributed by atoms with Crippen molar-refractivity contribution >= 4 is 16.9 Å². The van der Waals surface area contributed by atoms with Gasteiger partial charge in [-0.3, -0.25) is 4.79 Å². The molecule has 0 spiro atoms. The molecule has 0 unspecified atom stereocenters. The number of rotatable bonds is 4. The number of aromatic nitrogens is 1. The minimum Gasteiger partial charge on any atom is -0.466 e. The number of carbonyl (C=O) groups is 1. The van der Waals surface area contributed by atoms with Crippen LogP contribution in [0.4, 0.5) is 4.39 Å². The van der Waals surface area contributed by atoms with Crippen LogP contribution in [0.3, 0.4) is 0 Å². The van der Waals surface area contributed by atoms with Gasteiger partial charge in [-0.05, 0) is 31.2 Å². The minimum atomic E-state index is -0.249. The van der Waals surface area contributed by atoms with Crippen molar-refractivity contribution in [2.24, 2.45) is 0 Å². The number of ether oxygens (including phenoxy) is 1. The van der Waals surface area contributed by atoms with E-state index >= 15 is 0 Å². The summed E-state index contributed by atoms with van der Waals surface area (Å²) in [4.78, 5) is 11.2. The van der Waals surface area contributed by atoms with Crippen molar-refractivity contribution in [3.63, 3.8) is 0 Å². The summed E-state index contributed by atoms with van der Waals surface area (Å²) in [5.41, 5.74) is 0.927. The molecule has 2 rings (SSSR count). The van der Waals surface area contributed by atoms with Crippen molar-refractivity contribution in [2.45, 2.75) is 19.9 Å². The number of fused-ring (bicyclic) bond motifs is 1. The average molecular weight is 235 g/mol. The zero-order chi connectivity index (χ0) is 12.3. The largest absolute Gasteiger partial charge is 0.466 e. The van der Waals surface area contributed by atoms with Gasteiger partial charge in [-0.25, -0.2) is 4.39 Å². The lowest BCUT2D eigenvalue weighted by Crippen LogP contribution is -2.08. The number of esters is 1. The van der Waals surface area contributed by atoms with Crippen LogP contribution in [0.1, 0.15) is 13.3 Å². The highest BCUT2D eigenvalue weighted by Crippen LogP contribution is 2.17. The second-order valence-corrected chi connectivity index (χ2v) is 3.77. The van der Waals surface area contributed by atoms with Gasteiger partial charge >= 0.3 is 5.97 Å². The lowest BCUT2D eigenvalue weighted by Gasteiger charge is -2.05. The predicted molar refractivity (Wildman–Crippen MR) is 63.1 cm³/mol. The van der Waals surface area contributed by atoms with E-state index < -0.39 is 0 Å². The predicted octanol–water partition coefficient (Wildman–Crippen LogP) is 2.73. The normalized spacial score (nSPS) is 10.7. The van der Waals surface area contributed by atoms with Gasteiger partial charge in [-0.1, -0.05) is 0 Å². The van der Waals surface area contributed by atoms with Crippen LogP contribution in [0.5, 0.6) is 0 Å². The van der Waals surface area contributed by atoms with Crippen LogP contribution in [-0.4, -0.2) is 17.1 Å². The maximum absolute atomic E-state index is 13.0. The van der Waals surface area contributed by atoms with Gasteiger partial charge in [-0.2, -0.15) is 0 Å². The van der Waals surface area contributed by atoms with E-state index in [-0.39, 0.29) is 11.8 Å². The Morgan fingerprint density at radius 1 is 1.41 bits per heavy atom. The summed E-state index contributed by atoms with van der Waals surface area (Å²) in [5.74, 6) is -0.461. The van der Waals surface area contributed by atoms with Crippen LogP contribution in [0, 0.1) is 5.82 Å². The van der Waals surface area contributed by atoms with Crippen molar-refractivity contribution in [1.29, 1.82) is 0 Å². The van der Waals surface area contributed by atoms with Gasteiger partial charge in [0.1, 0.15) is 5.82 Å². The van der Waals surface area contributed by atoms with Gasteiger partial charge in [0.15, 0.2) is 0 Å². The van der Waals surface area contributed by atoms with Gasteiger partial charge < -0.3 is 9.30 Å². The number of aryl methyl sites for hydroxylation is 1. The molecule has 1 heterocycles. The summed E-state index contributed by atoms with van der Waals surface area (Å²) in [7, 11) is 0. The summed E-state index contributed by atoms with van der Waals surface area (Å²) in [6.45, 7) is 2.73. The quantitative estimate of drug-likeness (QED) is 0.763. The van der Waals surface area contributed by atoms with Crippen molar-refractivity contribution in [2.75, 3.05) is 6.61 Å². The lowest BCUT2D eigenvalue weighted by molar-refractivity contribution is -0.143. The molecule has 0 aliphatic carbocycles. The van der Waals surface area contributed by atoms with E-state index in [1.807, 2.05) is 16.8 Å². The Morgan fingerprint density at radius 3 is 3.00 bits per heavy atom. The van der Waals surface area contributed by atoms with Crippen LogP contribution in [0.2, 0.25) is 0 Å². The minimum absolute atomic E-state index is 0.212. The third kappa shape index (κ3) is 2.64. The zero-order valence-corrected chi connectivity index (χ0v) is 9.65. The summed E-state index contributed by atoms with van der Waals surface area (Å²) in [5, 5.41) is 0.842. The molecule has 0 amide bonds. The van der Waals surface area contributed by atoms with Crippen LogP contribution >= 0.6 is 0 Å². The fourth-order valence-electron chi connectivity index (χ4n) is 1.81. The van der Waals surface area contributed by atoms with Gasteiger partial charge in [-0.15, -0.1) is 0 Å². The Morgan fingerprint density at radius 2 is 2.24 bits per heavy atom. The molecule has 0 radical (unpaired) electrons. The van der Waals surface area contributed by atoms with Gasteiger partial charge in [0.25, 0.3) is 0 Å². The third-order valence-corrected chi connectivity index (χ3v) is 2.60. The summed E-state index contributed by atoms with van der Waals surface area (Å²) in [6.07, 6.45) is 2.18. The Hall–Kier alpha value is -1.84. The van der Waals surface area contributed by atoms with E-state index in [1.54, 1.807) is 13.0 Å². The monoisotopic (exact) mass is 235 g/mol. The van der Waals surface area contributed by atoms with Crippen molar-refractivity contribution in [1.82, 2.24) is 4.57 Å². The molecule has 0 bridgehead atoms. The molecule has 4 heteroatoms. The smallest absolute Gasteiger partial charge is 0.307 e. The molecule has 0 fully saturated rings. The number of nitrogens with zero attached hydrogens (tertiary/aromatic N) is 1. The van der Waals surface area contributed by atoms with E-state index in [0.29, 0.717) is 19.6 Å². The molecule has 0 aliphatic heterocycles. The molecule has 2 aromatic rings. The van der Waals surface area contributed by atoms with E-state index in [2.05, 4.69) is 0 Å². The first-order valence-electron chi connectivity index (χ1n) is 5.60. The number of benzene rings is 1. The van der Waals surface area contributed by atoms with Crippen molar-refractivity contribution < 1.29 is 13.9 Å². The summed E-state index contributed by atoms with van der Waals surface area (Å²) >= 11 is 0. The zero-order valence-electron chi connectivity index (χ0n) is 9.65. The van der Waals surface area contributed by atoms with Crippen LogP contribution in [-0.2, 0) is 16.1 Å². The van der Waals surface area contributed by atoms with E-state index in [9.17, 15) is 9.18 Å². The molecule has 1 aromatic carbocycles. The molecule has 1 aromatic heterocycles. The lowest BCUT2D eigenvalue weighted by atomic mass is 10.2. The molecule has 17 heavy (non-hydrogen) atoms. The fraction of sp³-hybridized carbons (Fsp3) is 0.308. The van der Waals surface area contributed by atoms with Crippen molar-refractivity contribution in [3.8, 4) is 0 Å². The van der Waals surface area contributed by atoms with E-state index in [4.69, 9.17) is 4.74 Å². The highest BCUT2D eigenvalue weighted by molar-refractivity contribution is 5.80. The molecule has 0 saturated carbocycles. The van der Waals surface area contributed by atoms with E-state index in [0.717, 1.165) is 10.9 Å². The van der Waals surface area contributed by atoms with Gasteiger partial charge in [0, 0.05) is 23.6 Å². The maximum atomic E-state index is 13.0. The first-order chi connectivity index (χ1) is 8.20. The number of halogens is 1. The fourth-order valence-corrected chi connectivity index (χ4v) is 1.81. The molecule has 0 atom stereocenters. The summed E-state index contributed by atoms with van der Waals surface area (Å²) < 4.78 is 19.8. The third-order valence-electron chi connectivity index (χ3n) is 2.60. The Labute approximate surface area is 98.8 Å². The van der Waals surface area contributed by atoms with E-state index in [1.165, 1.54) is 12.1 Å². The van der Waals surface area contributed by atoms with Crippen LogP contribution < -0.4 is 0 Å². The summed E-state index contributed by atoms with van der Waals surface area (Å²) in [6, 6.07) is 6.46. The first-order valence-corrected chi connectivity index (χ1v) is 5.60. The topological polar surface area (TPSA) is 31.2 Å². The number of hydrogen-bond acceptors (Lipinski definition) is 2. The maximum Gasteiger partial charge on any atom is 0.307 e. The molecule has 0 aliphatic rings. The SMILES string of the molecule is CCOC(=O)CCn1ccc2cc(F)ccc21. The van der Waals surface area contributed by atoms with Gasteiger partial charge in [0.05, 0.1) is 13.0 Å². The molecule has 3 nitrogen and oxygen atoms in total. The second kappa shape index (κ2) is 4.99.